The lowest BCUT2D eigenvalue weighted by molar-refractivity contribution is -0.121. The van der Waals surface area contributed by atoms with E-state index >= 15 is 0 Å². The van der Waals surface area contributed by atoms with E-state index in [1.807, 2.05) is 18.3 Å². The first-order valence-electron chi connectivity index (χ1n) is 9.42. The smallest absolute Gasteiger partial charge is 0.221 e. The maximum absolute atomic E-state index is 12.5. The summed E-state index contributed by atoms with van der Waals surface area (Å²) in [5, 5.41) is 3.06. The van der Waals surface area contributed by atoms with Crippen LogP contribution in [0.15, 0.2) is 58.4 Å². The highest BCUT2D eigenvalue weighted by molar-refractivity contribution is 9.10. The number of aryl methyl sites for hydroxylation is 1. The van der Waals surface area contributed by atoms with Crippen LogP contribution in [0, 0.1) is 0 Å². The number of allylic oxidation sites excluding steroid dienone is 1. The summed E-state index contributed by atoms with van der Waals surface area (Å²) in [6.45, 7) is 1.50. The van der Waals surface area contributed by atoms with Gasteiger partial charge in [0.15, 0.2) is 0 Å². The molecule has 1 aromatic heterocycles. The second-order valence-electron chi connectivity index (χ2n) is 6.69. The second kappa shape index (κ2) is 10.2. The number of carbonyl (C=O) groups excluding carboxylic acids is 1. The van der Waals surface area contributed by atoms with Crippen LogP contribution in [0.4, 0.5) is 0 Å². The molecule has 1 aromatic carbocycles. The van der Waals surface area contributed by atoms with Gasteiger partial charge in [-0.2, -0.15) is 0 Å². The molecule has 1 amide bonds. The van der Waals surface area contributed by atoms with Crippen LogP contribution >= 0.6 is 15.9 Å². The Labute approximate surface area is 168 Å². The first-order chi connectivity index (χ1) is 13.2. The van der Waals surface area contributed by atoms with Crippen molar-refractivity contribution in [2.24, 2.45) is 4.99 Å². The summed E-state index contributed by atoms with van der Waals surface area (Å²) >= 11 is 3.47. The fourth-order valence-electron chi connectivity index (χ4n) is 3.19. The van der Waals surface area contributed by atoms with Crippen molar-refractivity contribution in [3.8, 4) is 0 Å². The van der Waals surface area contributed by atoms with Gasteiger partial charge in [-0.15, -0.1) is 0 Å². The molecule has 6 heteroatoms. The van der Waals surface area contributed by atoms with Gasteiger partial charge in [0.1, 0.15) is 0 Å². The molecule has 0 fully saturated rings. The number of unbranched alkanes of at least 4 members (excludes halogenated alkanes) is 1. The Morgan fingerprint density at radius 1 is 1.26 bits per heavy atom. The SMILES string of the molecule is O=C(CC(C1=NCCC=C1)c1ccc(Br)cc1)NCCCCc1cnc[nH]1. The number of aromatic amines is 1. The van der Waals surface area contributed by atoms with Crippen LogP contribution in [-0.4, -0.2) is 34.7 Å². The van der Waals surface area contributed by atoms with E-state index in [4.69, 9.17) is 0 Å². The monoisotopic (exact) mass is 428 g/mol. The van der Waals surface area contributed by atoms with Crippen molar-refractivity contribution >= 4 is 27.5 Å². The maximum Gasteiger partial charge on any atom is 0.221 e. The van der Waals surface area contributed by atoms with Crippen LogP contribution in [0.25, 0.3) is 0 Å². The van der Waals surface area contributed by atoms with Gasteiger partial charge in [-0.1, -0.05) is 34.1 Å². The van der Waals surface area contributed by atoms with Crippen LogP contribution in [-0.2, 0) is 11.2 Å². The number of rotatable bonds is 9. The van der Waals surface area contributed by atoms with E-state index in [1.165, 1.54) is 0 Å². The summed E-state index contributed by atoms with van der Waals surface area (Å²) in [5.41, 5.74) is 3.26. The zero-order chi connectivity index (χ0) is 18.9. The lowest BCUT2D eigenvalue weighted by atomic mass is 9.89. The Morgan fingerprint density at radius 3 is 2.81 bits per heavy atom. The van der Waals surface area contributed by atoms with E-state index in [2.05, 4.69) is 60.5 Å². The van der Waals surface area contributed by atoms with Gasteiger partial charge in [0.25, 0.3) is 0 Å². The third-order valence-corrected chi connectivity index (χ3v) is 5.18. The molecule has 0 spiro atoms. The lowest BCUT2D eigenvalue weighted by Gasteiger charge is -2.19. The molecule has 1 atom stereocenters. The summed E-state index contributed by atoms with van der Waals surface area (Å²) in [6.07, 6.45) is 12.1. The van der Waals surface area contributed by atoms with Crippen molar-refractivity contribution in [2.75, 3.05) is 13.1 Å². The normalized spacial score (nSPS) is 14.6. The van der Waals surface area contributed by atoms with Crippen LogP contribution in [0.5, 0.6) is 0 Å². The fraction of sp³-hybridized carbons (Fsp3) is 0.381. The van der Waals surface area contributed by atoms with Gasteiger partial charge in [-0.05, 0) is 49.5 Å². The topological polar surface area (TPSA) is 70.1 Å². The van der Waals surface area contributed by atoms with E-state index in [0.717, 1.165) is 53.7 Å². The number of halogens is 1. The summed E-state index contributed by atoms with van der Waals surface area (Å²) in [5.74, 6) is 0.0748. The molecule has 1 aliphatic rings. The van der Waals surface area contributed by atoms with Crippen molar-refractivity contribution in [3.63, 3.8) is 0 Å². The molecule has 0 saturated heterocycles. The molecule has 27 heavy (non-hydrogen) atoms. The van der Waals surface area contributed by atoms with Gasteiger partial charge < -0.3 is 10.3 Å². The van der Waals surface area contributed by atoms with Crippen LogP contribution < -0.4 is 5.32 Å². The Kier molecular flexibility index (Phi) is 7.39. The molecule has 5 nitrogen and oxygen atoms in total. The summed E-state index contributed by atoms with van der Waals surface area (Å²) < 4.78 is 1.04. The quantitative estimate of drug-likeness (QED) is 0.587. The molecular formula is C21H25BrN4O. The Balaban J connectivity index is 1.52. The number of benzene rings is 1. The molecule has 0 saturated carbocycles. The minimum atomic E-state index is -0.000330. The molecule has 2 N–H and O–H groups in total. The number of amides is 1. The molecular weight excluding hydrogens is 404 g/mol. The van der Waals surface area contributed by atoms with Crippen molar-refractivity contribution in [1.29, 1.82) is 0 Å². The molecule has 1 unspecified atom stereocenters. The van der Waals surface area contributed by atoms with E-state index in [1.54, 1.807) is 6.33 Å². The van der Waals surface area contributed by atoms with Gasteiger partial charge in [0, 0.05) is 47.5 Å². The summed E-state index contributed by atoms with van der Waals surface area (Å²) in [4.78, 5) is 24.3. The fourth-order valence-corrected chi connectivity index (χ4v) is 3.45. The van der Waals surface area contributed by atoms with E-state index in [9.17, 15) is 4.79 Å². The standard InChI is InChI=1S/C21H25BrN4O/c22-17-9-7-16(8-10-17)19(20-6-2-4-11-24-20)13-21(27)25-12-3-1-5-18-14-23-15-26-18/h2,6-10,14-15,19H,1,3-5,11-13H2,(H,23,26)(H,25,27). The number of nitrogens with zero attached hydrogens (tertiary/aromatic N) is 2. The van der Waals surface area contributed by atoms with Crippen molar-refractivity contribution in [2.45, 2.75) is 38.0 Å². The summed E-state index contributed by atoms with van der Waals surface area (Å²) in [6, 6.07) is 8.17. The van der Waals surface area contributed by atoms with Crippen LogP contribution in [0.2, 0.25) is 0 Å². The molecule has 2 heterocycles. The van der Waals surface area contributed by atoms with Crippen molar-refractivity contribution in [3.05, 3.63) is 64.7 Å². The number of aromatic nitrogens is 2. The average molecular weight is 429 g/mol. The highest BCUT2D eigenvalue weighted by Crippen LogP contribution is 2.25. The number of hydrogen-bond acceptors (Lipinski definition) is 3. The predicted molar refractivity (Wildman–Crippen MR) is 112 cm³/mol. The van der Waals surface area contributed by atoms with Crippen LogP contribution in [0.1, 0.15) is 42.9 Å². The second-order valence-corrected chi connectivity index (χ2v) is 7.61. The molecule has 142 valence electrons. The molecule has 0 aliphatic carbocycles. The first kappa shape index (κ1) is 19.5. The first-order valence-corrected chi connectivity index (χ1v) is 10.2. The van der Waals surface area contributed by atoms with E-state index in [0.29, 0.717) is 13.0 Å². The molecule has 3 rings (SSSR count). The number of aliphatic imine (C=N–C) groups is 1. The van der Waals surface area contributed by atoms with Crippen molar-refractivity contribution in [1.82, 2.24) is 15.3 Å². The predicted octanol–water partition coefficient (Wildman–Crippen LogP) is 4.19. The minimum Gasteiger partial charge on any atom is -0.356 e. The summed E-state index contributed by atoms with van der Waals surface area (Å²) in [7, 11) is 0. The zero-order valence-electron chi connectivity index (χ0n) is 15.3. The zero-order valence-corrected chi connectivity index (χ0v) is 16.9. The van der Waals surface area contributed by atoms with Gasteiger partial charge in [0.05, 0.1) is 6.33 Å². The Hall–Kier alpha value is -2.21. The highest BCUT2D eigenvalue weighted by atomic mass is 79.9. The average Bonchev–Trinajstić information content (AvgIpc) is 3.21. The van der Waals surface area contributed by atoms with Gasteiger partial charge in [-0.25, -0.2) is 4.98 Å². The minimum absolute atomic E-state index is 0.000330. The largest absolute Gasteiger partial charge is 0.356 e. The molecule has 1 aliphatic heterocycles. The Bertz CT molecular complexity index is 781. The van der Waals surface area contributed by atoms with Gasteiger partial charge in [-0.3, -0.25) is 9.79 Å². The number of nitrogens with one attached hydrogen (secondary N) is 2. The van der Waals surface area contributed by atoms with Gasteiger partial charge >= 0.3 is 0 Å². The third-order valence-electron chi connectivity index (χ3n) is 4.65. The molecule has 0 radical (unpaired) electrons. The highest BCUT2D eigenvalue weighted by Gasteiger charge is 2.21. The number of hydrogen-bond donors (Lipinski definition) is 2. The molecule has 2 aromatic rings. The van der Waals surface area contributed by atoms with Crippen molar-refractivity contribution < 1.29 is 4.79 Å². The lowest BCUT2D eigenvalue weighted by Crippen LogP contribution is -2.28. The maximum atomic E-state index is 12.5. The Morgan fingerprint density at radius 2 is 2.11 bits per heavy atom. The van der Waals surface area contributed by atoms with Gasteiger partial charge in [0.2, 0.25) is 5.91 Å². The number of H-pyrrole nitrogens is 1. The number of dihydropyridines is 1. The molecule has 0 bridgehead atoms. The van der Waals surface area contributed by atoms with E-state index in [-0.39, 0.29) is 11.8 Å². The van der Waals surface area contributed by atoms with Crippen LogP contribution in [0.3, 0.4) is 0 Å². The number of carbonyl (C=O) groups is 1. The number of imidazole rings is 1. The third kappa shape index (κ3) is 6.17. The van der Waals surface area contributed by atoms with E-state index < -0.39 is 0 Å².